The highest BCUT2D eigenvalue weighted by Gasteiger charge is 2.21. The molecule has 0 aromatic heterocycles. The Bertz CT molecular complexity index is 699. The lowest BCUT2D eigenvalue weighted by molar-refractivity contribution is 0.401. The quantitative estimate of drug-likeness (QED) is 0.624. The molecule has 1 aromatic rings. The molecule has 0 fully saturated rings. The van der Waals surface area contributed by atoms with E-state index in [1.54, 1.807) is 0 Å². The van der Waals surface area contributed by atoms with E-state index in [0.29, 0.717) is 6.54 Å². The molecule has 0 aliphatic carbocycles. The molecule has 0 aliphatic heterocycles. The summed E-state index contributed by atoms with van der Waals surface area (Å²) in [5, 5.41) is 3.07. The summed E-state index contributed by atoms with van der Waals surface area (Å²) in [6, 6.07) is 3.76. The van der Waals surface area contributed by atoms with Gasteiger partial charge in [-0.1, -0.05) is 6.92 Å². The van der Waals surface area contributed by atoms with Crippen LogP contribution in [0.2, 0.25) is 0 Å². The van der Waals surface area contributed by atoms with E-state index in [9.17, 15) is 16.8 Å². The number of hydrogen-bond donors (Lipinski definition) is 2. The van der Waals surface area contributed by atoms with Gasteiger partial charge >= 0.3 is 0 Å². The minimum Gasteiger partial charge on any atom is -0.495 e. The van der Waals surface area contributed by atoms with Gasteiger partial charge in [0.25, 0.3) is 0 Å². The molecule has 9 heteroatoms. The molecule has 0 saturated heterocycles. The van der Waals surface area contributed by atoms with Crippen LogP contribution in [0.3, 0.4) is 0 Å². The van der Waals surface area contributed by atoms with Crippen molar-refractivity contribution in [2.24, 2.45) is 0 Å². The third-order valence-corrected chi connectivity index (χ3v) is 5.47. The molecule has 126 valence electrons. The van der Waals surface area contributed by atoms with Gasteiger partial charge in [-0.25, -0.2) is 21.6 Å². The second kappa shape index (κ2) is 7.91. The number of ether oxygens (including phenoxy) is 1. The Hall–Kier alpha value is -1.16. The maximum Gasteiger partial charge on any atom is 0.244 e. The van der Waals surface area contributed by atoms with Crippen molar-refractivity contribution in [3.05, 3.63) is 18.2 Å². The lowest BCUT2D eigenvalue weighted by atomic mass is 10.3. The van der Waals surface area contributed by atoms with Crippen LogP contribution in [0, 0.1) is 0 Å². The molecular weight excluding hydrogens is 328 g/mol. The summed E-state index contributed by atoms with van der Waals surface area (Å²) in [5.74, 6) is 0.0985. The number of rotatable bonds is 9. The molecule has 0 unspecified atom stereocenters. The summed E-state index contributed by atoms with van der Waals surface area (Å²) in [4.78, 5) is -0.258. The van der Waals surface area contributed by atoms with Crippen molar-refractivity contribution in [2.45, 2.75) is 23.1 Å². The van der Waals surface area contributed by atoms with Crippen molar-refractivity contribution in [1.29, 1.82) is 0 Å². The minimum atomic E-state index is -3.85. The number of methoxy groups -OCH3 is 1. The highest BCUT2D eigenvalue weighted by atomic mass is 32.2. The van der Waals surface area contributed by atoms with E-state index in [2.05, 4.69) is 10.0 Å². The smallest absolute Gasteiger partial charge is 0.244 e. The molecule has 0 bridgehead atoms. The topological polar surface area (TPSA) is 102 Å². The van der Waals surface area contributed by atoms with Crippen LogP contribution in [0.5, 0.6) is 5.75 Å². The molecule has 2 N–H and O–H groups in total. The van der Waals surface area contributed by atoms with Crippen LogP contribution in [0.15, 0.2) is 28.0 Å². The minimum absolute atomic E-state index is 0.0715. The standard InChI is InChI=1S/C13H22N2O5S2/c1-4-7-14-8-9-15-22(18,19)13-10-11(21(3,16)17)5-6-12(13)20-2/h5-6,10,14-15H,4,7-9H2,1-3H3. The van der Waals surface area contributed by atoms with Crippen LogP contribution in [-0.4, -0.2) is 49.8 Å². The third-order valence-electron chi connectivity index (χ3n) is 2.87. The van der Waals surface area contributed by atoms with Crippen molar-refractivity contribution in [3.8, 4) is 5.75 Å². The number of sulfone groups is 1. The van der Waals surface area contributed by atoms with Gasteiger partial charge in [0.2, 0.25) is 10.0 Å². The van der Waals surface area contributed by atoms with E-state index < -0.39 is 19.9 Å². The molecule has 22 heavy (non-hydrogen) atoms. The average Bonchev–Trinajstić information content (AvgIpc) is 2.45. The molecule has 1 aromatic carbocycles. The Morgan fingerprint density at radius 2 is 1.77 bits per heavy atom. The van der Waals surface area contributed by atoms with Crippen molar-refractivity contribution in [3.63, 3.8) is 0 Å². The van der Waals surface area contributed by atoms with E-state index in [-0.39, 0.29) is 22.1 Å². The summed E-state index contributed by atoms with van der Waals surface area (Å²) in [5.41, 5.74) is 0. The van der Waals surface area contributed by atoms with Gasteiger partial charge in [-0.2, -0.15) is 0 Å². The van der Waals surface area contributed by atoms with Gasteiger partial charge in [-0.05, 0) is 31.2 Å². The van der Waals surface area contributed by atoms with Gasteiger partial charge in [0, 0.05) is 19.3 Å². The Labute approximate surface area is 132 Å². The summed E-state index contributed by atoms with van der Waals surface area (Å²) in [6.07, 6.45) is 1.98. The fourth-order valence-corrected chi connectivity index (χ4v) is 3.70. The molecule has 0 spiro atoms. The predicted molar refractivity (Wildman–Crippen MR) is 84.5 cm³/mol. The normalized spacial score (nSPS) is 12.3. The van der Waals surface area contributed by atoms with E-state index in [0.717, 1.165) is 25.3 Å². The molecular formula is C13H22N2O5S2. The van der Waals surface area contributed by atoms with Crippen LogP contribution >= 0.6 is 0 Å². The maximum atomic E-state index is 12.3. The fraction of sp³-hybridized carbons (Fsp3) is 0.538. The first-order chi connectivity index (χ1) is 10.2. The van der Waals surface area contributed by atoms with E-state index >= 15 is 0 Å². The molecule has 0 amide bonds. The first-order valence-corrected chi connectivity index (χ1v) is 10.2. The van der Waals surface area contributed by atoms with Gasteiger partial charge in [-0.15, -0.1) is 0 Å². The van der Waals surface area contributed by atoms with Crippen molar-refractivity contribution in [2.75, 3.05) is 33.0 Å². The molecule has 0 heterocycles. The van der Waals surface area contributed by atoms with E-state index in [1.807, 2.05) is 6.92 Å². The van der Waals surface area contributed by atoms with Gasteiger partial charge in [0.1, 0.15) is 10.6 Å². The lowest BCUT2D eigenvalue weighted by Crippen LogP contribution is -2.32. The predicted octanol–water partition coefficient (Wildman–Crippen LogP) is 0.377. The monoisotopic (exact) mass is 350 g/mol. The highest BCUT2D eigenvalue weighted by molar-refractivity contribution is 7.91. The summed E-state index contributed by atoms with van der Waals surface area (Å²) in [6.45, 7) is 3.50. The van der Waals surface area contributed by atoms with Crippen molar-refractivity contribution < 1.29 is 21.6 Å². The number of benzene rings is 1. The Morgan fingerprint density at radius 1 is 1.09 bits per heavy atom. The molecule has 0 radical (unpaired) electrons. The molecule has 0 saturated carbocycles. The fourth-order valence-electron chi connectivity index (χ4n) is 1.75. The van der Waals surface area contributed by atoms with Crippen LogP contribution in [0.25, 0.3) is 0 Å². The van der Waals surface area contributed by atoms with Crippen LogP contribution < -0.4 is 14.8 Å². The van der Waals surface area contributed by atoms with E-state index in [4.69, 9.17) is 4.74 Å². The van der Waals surface area contributed by atoms with Crippen LogP contribution in [0.1, 0.15) is 13.3 Å². The van der Waals surface area contributed by atoms with E-state index in [1.165, 1.54) is 19.2 Å². The first kappa shape index (κ1) is 18.9. The zero-order valence-electron chi connectivity index (χ0n) is 12.9. The Morgan fingerprint density at radius 3 is 2.32 bits per heavy atom. The van der Waals surface area contributed by atoms with Gasteiger partial charge < -0.3 is 10.1 Å². The summed E-state index contributed by atoms with van der Waals surface area (Å²) >= 11 is 0. The largest absolute Gasteiger partial charge is 0.495 e. The summed E-state index contributed by atoms with van der Waals surface area (Å²) < 4.78 is 55.2. The van der Waals surface area contributed by atoms with Crippen LogP contribution in [-0.2, 0) is 19.9 Å². The number of sulfonamides is 1. The second-order valence-corrected chi connectivity index (χ2v) is 8.48. The van der Waals surface area contributed by atoms with Crippen LogP contribution in [0.4, 0.5) is 0 Å². The first-order valence-electron chi connectivity index (χ1n) is 6.81. The van der Waals surface area contributed by atoms with Crippen molar-refractivity contribution >= 4 is 19.9 Å². The Balaban J connectivity index is 3.01. The molecule has 0 atom stereocenters. The second-order valence-electron chi connectivity index (χ2n) is 4.73. The SMILES string of the molecule is CCCNCCNS(=O)(=O)c1cc(S(C)(=O)=O)ccc1OC. The zero-order valence-corrected chi connectivity index (χ0v) is 14.6. The molecule has 7 nitrogen and oxygen atoms in total. The number of nitrogens with one attached hydrogen (secondary N) is 2. The highest BCUT2D eigenvalue weighted by Crippen LogP contribution is 2.26. The number of hydrogen-bond acceptors (Lipinski definition) is 6. The zero-order chi connectivity index (χ0) is 16.8. The maximum absolute atomic E-state index is 12.3. The van der Waals surface area contributed by atoms with Gasteiger partial charge in [0.05, 0.1) is 12.0 Å². The van der Waals surface area contributed by atoms with Gasteiger partial charge in [-0.3, -0.25) is 0 Å². The van der Waals surface area contributed by atoms with Crippen molar-refractivity contribution in [1.82, 2.24) is 10.0 Å². The summed E-state index contributed by atoms with van der Waals surface area (Å²) in [7, 11) is -6.03. The molecule has 0 aliphatic rings. The lowest BCUT2D eigenvalue weighted by Gasteiger charge is -2.12. The third kappa shape index (κ3) is 5.24. The van der Waals surface area contributed by atoms with Gasteiger partial charge in [0.15, 0.2) is 9.84 Å². The molecule has 1 rings (SSSR count). The Kier molecular flexibility index (Phi) is 6.79. The average molecular weight is 350 g/mol.